The van der Waals surface area contributed by atoms with Crippen LogP contribution in [-0.4, -0.2) is 24.5 Å². The standard InChI is InChI=1S/C15H18FNO.C10H12O.C4H6/c16-13-3-1-2-4-14(13)17-7-5-15(6-8-17)9-12(10-15)11-18;11-10-6-5-8-3-1-2-4-9(8)7-10;1-3-4-2/h1-4,11-12H,5-10H2;5-7,11H,1-4H2;3-4H,1-2H2. The van der Waals surface area contributed by atoms with E-state index in [0.717, 1.165) is 57.2 Å². The number of carbonyl (C=O) groups excluding carboxylic acids is 1. The summed E-state index contributed by atoms with van der Waals surface area (Å²) in [6.45, 7) is 8.54. The van der Waals surface area contributed by atoms with Gasteiger partial charge in [-0.25, -0.2) is 4.39 Å². The number of aryl methyl sites for hydroxylation is 2. The van der Waals surface area contributed by atoms with E-state index in [9.17, 15) is 14.3 Å². The number of phenolic OH excluding ortho intramolecular Hbond substituents is 1. The molecule has 2 aromatic rings. The van der Waals surface area contributed by atoms with E-state index < -0.39 is 0 Å². The number of halogens is 1. The van der Waals surface area contributed by atoms with Crippen LogP contribution in [0.15, 0.2) is 67.8 Å². The van der Waals surface area contributed by atoms with Crippen molar-refractivity contribution in [2.75, 3.05) is 18.0 Å². The number of anilines is 1. The molecule has 3 aliphatic rings. The van der Waals surface area contributed by atoms with Gasteiger partial charge in [-0.2, -0.15) is 0 Å². The van der Waals surface area contributed by atoms with E-state index in [0.29, 0.717) is 11.2 Å². The van der Waals surface area contributed by atoms with E-state index in [1.807, 2.05) is 24.3 Å². The van der Waals surface area contributed by atoms with E-state index in [1.54, 1.807) is 24.3 Å². The molecule has 1 saturated heterocycles. The van der Waals surface area contributed by atoms with Crippen molar-refractivity contribution in [3.05, 3.63) is 84.7 Å². The molecule has 1 aliphatic heterocycles. The molecule has 0 unspecified atom stereocenters. The number of carbonyl (C=O) groups is 1. The molecule has 1 N–H and O–H groups in total. The Morgan fingerprint density at radius 2 is 1.61 bits per heavy atom. The molecule has 1 heterocycles. The number of hydrogen-bond donors (Lipinski definition) is 1. The monoisotopic (exact) mass is 449 g/mol. The average Bonchev–Trinajstić information content (AvgIpc) is 2.83. The first-order valence-electron chi connectivity index (χ1n) is 12.0. The molecular formula is C29H36FNO2. The number of benzene rings is 2. The van der Waals surface area contributed by atoms with Crippen LogP contribution >= 0.6 is 0 Å². The lowest BCUT2D eigenvalue weighted by Crippen LogP contribution is -2.47. The summed E-state index contributed by atoms with van der Waals surface area (Å²) in [5.74, 6) is 0.559. The Morgan fingerprint density at radius 1 is 0.970 bits per heavy atom. The average molecular weight is 450 g/mol. The van der Waals surface area contributed by atoms with E-state index in [1.165, 1.54) is 36.5 Å². The molecule has 33 heavy (non-hydrogen) atoms. The third kappa shape index (κ3) is 6.56. The Morgan fingerprint density at radius 3 is 2.21 bits per heavy atom. The predicted octanol–water partition coefficient (Wildman–Crippen LogP) is 6.65. The quantitative estimate of drug-likeness (QED) is 0.421. The number of aromatic hydroxyl groups is 1. The second-order valence-electron chi connectivity index (χ2n) is 9.37. The molecule has 2 fully saturated rings. The minimum atomic E-state index is -0.132. The highest BCUT2D eigenvalue weighted by molar-refractivity contribution is 5.56. The van der Waals surface area contributed by atoms with Crippen molar-refractivity contribution >= 4 is 12.0 Å². The Bertz CT molecular complexity index is 932. The molecule has 2 aliphatic carbocycles. The molecule has 176 valence electrons. The molecule has 1 saturated carbocycles. The summed E-state index contributed by atoms with van der Waals surface area (Å²) in [4.78, 5) is 12.8. The van der Waals surface area contributed by atoms with Crippen molar-refractivity contribution in [1.29, 1.82) is 0 Å². The van der Waals surface area contributed by atoms with Crippen LogP contribution in [0.2, 0.25) is 0 Å². The van der Waals surface area contributed by atoms with E-state index in [2.05, 4.69) is 18.1 Å². The van der Waals surface area contributed by atoms with E-state index in [-0.39, 0.29) is 11.7 Å². The highest BCUT2D eigenvalue weighted by Crippen LogP contribution is 2.52. The third-order valence-electron chi connectivity index (χ3n) is 7.10. The summed E-state index contributed by atoms with van der Waals surface area (Å²) in [6.07, 6.45) is 13.5. The fourth-order valence-corrected chi connectivity index (χ4v) is 5.21. The summed E-state index contributed by atoms with van der Waals surface area (Å²) >= 11 is 0. The van der Waals surface area contributed by atoms with Crippen LogP contribution in [0, 0.1) is 17.2 Å². The van der Waals surface area contributed by atoms with Gasteiger partial charge in [0.1, 0.15) is 17.9 Å². The van der Waals surface area contributed by atoms with Crippen LogP contribution in [0.3, 0.4) is 0 Å². The Kier molecular flexibility index (Phi) is 8.87. The van der Waals surface area contributed by atoms with Crippen molar-refractivity contribution in [1.82, 2.24) is 0 Å². The SMILES string of the molecule is C=CC=C.O=CC1CC2(CCN(c3ccccc3F)CC2)C1.Oc1ccc2c(c1)CCCC2. The number of fused-ring (bicyclic) bond motifs is 1. The maximum Gasteiger partial charge on any atom is 0.146 e. The second-order valence-corrected chi connectivity index (χ2v) is 9.37. The molecular weight excluding hydrogens is 413 g/mol. The van der Waals surface area contributed by atoms with Crippen molar-refractivity contribution in [3.63, 3.8) is 0 Å². The molecule has 0 aromatic heterocycles. The van der Waals surface area contributed by atoms with Crippen molar-refractivity contribution in [2.24, 2.45) is 11.3 Å². The van der Waals surface area contributed by atoms with Gasteiger partial charge in [0.15, 0.2) is 0 Å². The molecule has 0 atom stereocenters. The van der Waals surface area contributed by atoms with Gasteiger partial charge in [0.2, 0.25) is 0 Å². The summed E-state index contributed by atoms with van der Waals surface area (Å²) in [5.41, 5.74) is 3.87. The minimum absolute atomic E-state index is 0.132. The van der Waals surface area contributed by atoms with Gasteiger partial charge in [-0.1, -0.05) is 43.5 Å². The minimum Gasteiger partial charge on any atom is -0.508 e. The first-order chi connectivity index (χ1) is 16.0. The molecule has 1 spiro atoms. The Hall–Kier alpha value is -2.88. The van der Waals surface area contributed by atoms with Gasteiger partial charge in [0, 0.05) is 19.0 Å². The van der Waals surface area contributed by atoms with E-state index in [4.69, 9.17) is 0 Å². The van der Waals surface area contributed by atoms with Crippen molar-refractivity contribution in [3.8, 4) is 5.75 Å². The maximum absolute atomic E-state index is 13.7. The zero-order valence-electron chi connectivity index (χ0n) is 19.5. The van der Waals surface area contributed by atoms with Gasteiger partial charge in [-0.05, 0) is 92.2 Å². The van der Waals surface area contributed by atoms with Crippen LogP contribution < -0.4 is 4.90 Å². The van der Waals surface area contributed by atoms with Gasteiger partial charge >= 0.3 is 0 Å². The summed E-state index contributed by atoms with van der Waals surface area (Å²) in [6, 6.07) is 12.7. The normalized spacial score (nSPS) is 18.4. The fraction of sp³-hybridized carbons (Fsp3) is 0.414. The molecule has 4 heteroatoms. The molecule has 3 nitrogen and oxygen atoms in total. The highest BCUT2D eigenvalue weighted by atomic mass is 19.1. The van der Waals surface area contributed by atoms with E-state index >= 15 is 0 Å². The molecule has 2 aromatic carbocycles. The third-order valence-corrected chi connectivity index (χ3v) is 7.10. The number of allylic oxidation sites excluding steroid dienone is 2. The number of nitrogens with zero attached hydrogens (tertiary/aromatic N) is 1. The van der Waals surface area contributed by atoms with Crippen LogP contribution in [0.5, 0.6) is 5.75 Å². The summed E-state index contributed by atoms with van der Waals surface area (Å²) in [5, 5.41) is 9.19. The van der Waals surface area contributed by atoms with Crippen LogP contribution in [-0.2, 0) is 17.6 Å². The summed E-state index contributed by atoms with van der Waals surface area (Å²) in [7, 11) is 0. The Balaban J connectivity index is 0.000000173. The number of hydrogen-bond acceptors (Lipinski definition) is 3. The van der Waals surface area contributed by atoms with Crippen molar-refractivity contribution in [2.45, 2.75) is 51.4 Å². The van der Waals surface area contributed by atoms with Crippen molar-refractivity contribution < 1.29 is 14.3 Å². The lowest BCUT2D eigenvalue weighted by molar-refractivity contribution is -0.118. The number of piperidine rings is 1. The van der Waals surface area contributed by atoms with Gasteiger partial charge < -0.3 is 14.8 Å². The van der Waals surface area contributed by atoms with Crippen LogP contribution in [0.1, 0.15) is 49.7 Å². The summed E-state index contributed by atoms with van der Waals surface area (Å²) < 4.78 is 13.7. The predicted molar refractivity (Wildman–Crippen MR) is 134 cm³/mol. The van der Waals surface area contributed by atoms with Gasteiger partial charge in [-0.15, -0.1) is 0 Å². The smallest absolute Gasteiger partial charge is 0.146 e. The van der Waals surface area contributed by atoms with Gasteiger partial charge in [-0.3, -0.25) is 0 Å². The highest BCUT2D eigenvalue weighted by Gasteiger charge is 2.45. The molecule has 0 amide bonds. The number of rotatable bonds is 3. The van der Waals surface area contributed by atoms with Crippen LogP contribution in [0.4, 0.5) is 10.1 Å². The lowest BCUT2D eigenvalue weighted by atomic mass is 9.58. The maximum atomic E-state index is 13.7. The molecule has 5 rings (SSSR count). The molecule has 0 radical (unpaired) electrons. The number of phenols is 1. The second kappa shape index (κ2) is 11.8. The van der Waals surface area contributed by atoms with Crippen LogP contribution in [0.25, 0.3) is 0 Å². The fourth-order valence-electron chi connectivity index (χ4n) is 5.21. The largest absolute Gasteiger partial charge is 0.508 e. The zero-order chi connectivity index (χ0) is 23.7. The zero-order valence-corrected chi connectivity index (χ0v) is 19.5. The first kappa shape index (κ1) is 24.8. The van der Waals surface area contributed by atoms with Gasteiger partial charge in [0.25, 0.3) is 0 Å². The first-order valence-corrected chi connectivity index (χ1v) is 12.0. The Labute approximate surface area is 197 Å². The van der Waals surface area contributed by atoms with Gasteiger partial charge in [0.05, 0.1) is 5.69 Å². The topological polar surface area (TPSA) is 40.5 Å². The number of para-hydroxylation sites is 1. The lowest BCUT2D eigenvalue weighted by Gasteiger charge is -2.51. The number of aldehydes is 1. The molecule has 0 bridgehead atoms.